The number of hydrogen-bond acceptors (Lipinski definition) is 3. The van der Waals surface area contributed by atoms with Gasteiger partial charge in [0.25, 0.3) is 0 Å². The van der Waals surface area contributed by atoms with Crippen molar-refractivity contribution in [3.05, 3.63) is 0 Å². The third-order valence-electron chi connectivity index (χ3n) is 3.64. The highest BCUT2D eigenvalue weighted by Crippen LogP contribution is 2.16. The Morgan fingerprint density at radius 3 is 2.50 bits per heavy atom. The highest BCUT2D eigenvalue weighted by Gasteiger charge is 2.29. The van der Waals surface area contributed by atoms with Crippen molar-refractivity contribution in [1.82, 2.24) is 10.2 Å². The van der Waals surface area contributed by atoms with Crippen LogP contribution in [0.3, 0.4) is 0 Å². The highest BCUT2D eigenvalue weighted by molar-refractivity contribution is 5.76. The number of aliphatic hydroxyl groups excluding tert-OH is 1. The minimum Gasteiger partial charge on any atom is -0.481 e. The molecular formula is C12H22N2O4. The molecule has 4 unspecified atom stereocenters. The molecule has 0 bridgehead atoms. The monoisotopic (exact) mass is 258 g/mol. The molecule has 0 spiro atoms. The first-order chi connectivity index (χ1) is 8.32. The fourth-order valence-corrected chi connectivity index (χ4v) is 1.94. The number of piperidine rings is 1. The molecule has 1 heterocycles. The number of rotatable bonds is 3. The number of carbonyl (C=O) groups excluding carboxylic acids is 1. The maximum Gasteiger partial charge on any atom is 0.317 e. The Balaban J connectivity index is 2.48. The molecule has 1 rings (SSSR count). The van der Waals surface area contributed by atoms with Gasteiger partial charge in [-0.05, 0) is 26.2 Å². The average Bonchev–Trinajstić information content (AvgIpc) is 2.31. The van der Waals surface area contributed by atoms with Crippen molar-refractivity contribution < 1.29 is 19.8 Å². The van der Waals surface area contributed by atoms with E-state index in [1.165, 1.54) is 0 Å². The quantitative estimate of drug-likeness (QED) is 0.688. The number of likely N-dealkylation sites (tertiary alicyclic amines) is 1. The standard InChI is InChI=1S/C12H22N2O4/c1-7-6-14(5-4-10(7)15)12(18)13-9(3)8(2)11(16)17/h7-10,15H,4-6H2,1-3H3,(H,13,18)(H,16,17). The lowest BCUT2D eigenvalue weighted by molar-refractivity contribution is -0.141. The molecule has 3 N–H and O–H groups in total. The van der Waals surface area contributed by atoms with Crippen molar-refractivity contribution in [2.45, 2.75) is 39.3 Å². The van der Waals surface area contributed by atoms with Crippen LogP contribution in [0.2, 0.25) is 0 Å². The van der Waals surface area contributed by atoms with Crippen LogP contribution in [-0.4, -0.2) is 52.3 Å². The molecule has 0 aliphatic carbocycles. The van der Waals surface area contributed by atoms with Gasteiger partial charge in [-0.2, -0.15) is 0 Å². The van der Waals surface area contributed by atoms with Crippen LogP contribution in [0.4, 0.5) is 4.79 Å². The minimum absolute atomic E-state index is 0.0525. The normalized spacial score (nSPS) is 27.4. The summed E-state index contributed by atoms with van der Waals surface area (Å²) in [5.41, 5.74) is 0. The third-order valence-corrected chi connectivity index (χ3v) is 3.64. The van der Waals surface area contributed by atoms with Gasteiger partial charge < -0.3 is 20.4 Å². The summed E-state index contributed by atoms with van der Waals surface area (Å²) < 4.78 is 0. The molecule has 1 saturated heterocycles. The summed E-state index contributed by atoms with van der Waals surface area (Å²) in [5, 5.41) is 21.1. The zero-order chi connectivity index (χ0) is 13.9. The van der Waals surface area contributed by atoms with Gasteiger partial charge in [0.05, 0.1) is 12.0 Å². The Morgan fingerprint density at radius 2 is 2.00 bits per heavy atom. The van der Waals surface area contributed by atoms with E-state index in [0.717, 1.165) is 0 Å². The Bertz CT molecular complexity index is 321. The van der Waals surface area contributed by atoms with Crippen molar-refractivity contribution in [3.63, 3.8) is 0 Å². The molecule has 0 saturated carbocycles. The van der Waals surface area contributed by atoms with Gasteiger partial charge in [-0.3, -0.25) is 4.79 Å². The molecule has 0 aromatic rings. The number of hydrogen-bond donors (Lipinski definition) is 3. The predicted octanol–water partition coefficient (Wildman–Crippen LogP) is 0.508. The maximum absolute atomic E-state index is 11.9. The van der Waals surface area contributed by atoms with Crippen LogP contribution in [-0.2, 0) is 4.79 Å². The summed E-state index contributed by atoms with van der Waals surface area (Å²) in [6.45, 7) is 6.15. The van der Waals surface area contributed by atoms with Gasteiger partial charge in [0, 0.05) is 19.1 Å². The number of carboxylic acids is 1. The van der Waals surface area contributed by atoms with Crippen molar-refractivity contribution in [3.8, 4) is 0 Å². The van der Waals surface area contributed by atoms with E-state index in [1.54, 1.807) is 18.7 Å². The zero-order valence-electron chi connectivity index (χ0n) is 11.1. The fourth-order valence-electron chi connectivity index (χ4n) is 1.94. The Morgan fingerprint density at radius 1 is 1.39 bits per heavy atom. The lowest BCUT2D eigenvalue weighted by Gasteiger charge is -2.35. The first kappa shape index (κ1) is 14.8. The van der Waals surface area contributed by atoms with Crippen LogP contribution in [0.5, 0.6) is 0 Å². The van der Waals surface area contributed by atoms with Crippen molar-refractivity contribution in [1.29, 1.82) is 0 Å². The van der Waals surface area contributed by atoms with Crippen molar-refractivity contribution in [2.24, 2.45) is 11.8 Å². The largest absolute Gasteiger partial charge is 0.481 e. The Hall–Kier alpha value is -1.30. The number of urea groups is 1. The van der Waals surface area contributed by atoms with Crippen molar-refractivity contribution >= 4 is 12.0 Å². The van der Waals surface area contributed by atoms with Crippen LogP contribution in [0.25, 0.3) is 0 Å². The van der Waals surface area contributed by atoms with Crippen molar-refractivity contribution in [2.75, 3.05) is 13.1 Å². The van der Waals surface area contributed by atoms with Crippen LogP contribution in [0.1, 0.15) is 27.2 Å². The van der Waals surface area contributed by atoms with E-state index < -0.39 is 17.9 Å². The van der Waals surface area contributed by atoms with Gasteiger partial charge in [-0.15, -0.1) is 0 Å². The van der Waals surface area contributed by atoms with Gasteiger partial charge in [0.2, 0.25) is 0 Å². The second-order valence-electron chi connectivity index (χ2n) is 5.14. The molecule has 104 valence electrons. The van der Waals surface area contributed by atoms with E-state index in [2.05, 4.69) is 5.32 Å². The molecule has 6 heteroatoms. The first-order valence-electron chi connectivity index (χ1n) is 6.29. The molecule has 0 aromatic carbocycles. The minimum atomic E-state index is -0.926. The van der Waals surface area contributed by atoms with E-state index in [9.17, 15) is 14.7 Å². The molecule has 2 amide bonds. The van der Waals surface area contributed by atoms with Gasteiger partial charge in [0.1, 0.15) is 0 Å². The van der Waals surface area contributed by atoms with Gasteiger partial charge in [-0.1, -0.05) is 6.92 Å². The zero-order valence-corrected chi connectivity index (χ0v) is 11.1. The summed E-state index contributed by atoms with van der Waals surface area (Å²) >= 11 is 0. The number of carbonyl (C=O) groups is 2. The topological polar surface area (TPSA) is 89.9 Å². The van der Waals surface area contributed by atoms with E-state index in [0.29, 0.717) is 19.5 Å². The molecule has 6 nitrogen and oxygen atoms in total. The molecule has 4 atom stereocenters. The summed E-state index contributed by atoms with van der Waals surface area (Å²) in [6, 6.07) is -0.675. The number of amides is 2. The third kappa shape index (κ3) is 3.60. The SMILES string of the molecule is CC1CN(C(=O)NC(C)C(C)C(=O)O)CCC1O. The Labute approximate surface area is 107 Å². The summed E-state index contributed by atoms with van der Waals surface area (Å²) in [4.78, 5) is 24.4. The average molecular weight is 258 g/mol. The van der Waals surface area contributed by atoms with E-state index in [4.69, 9.17) is 5.11 Å². The number of aliphatic hydroxyl groups is 1. The fraction of sp³-hybridized carbons (Fsp3) is 0.833. The lowest BCUT2D eigenvalue weighted by atomic mass is 9.97. The predicted molar refractivity (Wildman–Crippen MR) is 66.2 cm³/mol. The van der Waals surface area contributed by atoms with Gasteiger partial charge in [0.15, 0.2) is 0 Å². The van der Waals surface area contributed by atoms with Crippen LogP contribution in [0.15, 0.2) is 0 Å². The van der Waals surface area contributed by atoms with E-state index in [1.807, 2.05) is 6.92 Å². The summed E-state index contributed by atoms with van der Waals surface area (Å²) in [5.74, 6) is -1.50. The molecule has 0 radical (unpaired) electrons. The highest BCUT2D eigenvalue weighted by atomic mass is 16.4. The molecule has 1 aliphatic rings. The Kier molecular flexibility index (Phi) is 4.95. The maximum atomic E-state index is 11.9. The molecular weight excluding hydrogens is 236 g/mol. The summed E-state index contributed by atoms with van der Waals surface area (Å²) in [7, 11) is 0. The van der Waals surface area contributed by atoms with E-state index in [-0.39, 0.29) is 18.1 Å². The molecule has 18 heavy (non-hydrogen) atoms. The number of nitrogens with zero attached hydrogens (tertiary/aromatic N) is 1. The first-order valence-corrected chi connectivity index (χ1v) is 6.29. The van der Waals surface area contributed by atoms with Crippen LogP contribution in [0, 0.1) is 11.8 Å². The molecule has 0 aromatic heterocycles. The lowest BCUT2D eigenvalue weighted by Crippen LogP contribution is -2.52. The second kappa shape index (κ2) is 6.04. The van der Waals surface area contributed by atoms with Gasteiger partial charge >= 0.3 is 12.0 Å². The molecule has 1 aliphatic heterocycles. The number of nitrogens with one attached hydrogen (secondary N) is 1. The van der Waals surface area contributed by atoms with E-state index >= 15 is 0 Å². The number of carboxylic acid groups (broad SMARTS) is 1. The van der Waals surface area contributed by atoms with Crippen LogP contribution >= 0.6 is 0 Å². The summed E-state index contributed by atoms with van der Waals surface area (Å²) in [6.07, 6.45) is 0.210. The molecule has 1 fully saturated rings. The smallest absolute Gasteiger partial charge is 0.317 e. The van der Waals surface area contributed by atoms with Gasteiger partial charge in [-0.25, -0.2) is 4.79 Å². The van der Waals surface area contributed by atoms with Crippen LogP contribution < -0.4 is 5.32 Å². The second-order valence-corrected chi connectivity index (χ2v) is 5.14. The number of aliphatic carboxylic acids is 1.